The van der Waals surface area contributed by atoms with E-state index in [9.17, 15) is 23.1 Å². The first kappa shape index (κ1) is 31.7. The van der Waals surface area contributed by atoms with Crippen LogP contribution in [-0.4, -0.2) is 87.6 Å². The summed E-state index contributed by atoms with van der Waals surface area (Å²) in [5.74, 6) is -0.441. The van der Waals surface area contributed by atoms with Crippen molar-refractivity contribution in [3.63, 3.8) is 0 Å². The molecule has 4 aromatic rings. The summed E-state index contributed by atoms with van der Waals surface area (Å²) in [5, 5.41) is 23.5. The van der Waals surface area contributed by atoms with Crippen LogP contribution in [0.2, 0.25) is 0 Å². The highest BCUT2D eigenvalue weighted by Crippen LogP contribution is 2.44. The molecule has 44 heavy (non-hydrogen) atoms. The second-order valence-electron chi connectivity index (χ2n) is 10.7. The summed E-state index contributed by atoms with van der Waals surface area (Å²) < 4.78 is 69.3. The van der Waals surface area contributed by atoms with E-state index in [4.69, 9.17) is 9.26 Å². The van der Waals surface area contributed by atoms with E-state index in [2.05, 4.69) is 25.9 Å². The average Bonchev–Trinajstić information content (AvgIpc) is 3.69. The van der Waals surface area contributed by atoms with Crippen molar-refractivity contribution in [1.29, 1.82) is 0 Å². The molecular formula is C28H33F4N7O4S. The molecule has 1 fully saturated rings. The Bertz CT molecular complexity index is 1600. The number of hydrogen-bond donors (Lipinski definition) is 3. The number of alkyl halides is 4. The largest absolute Gasteiger partial charge is 0.479 e. The lowest BCUT2D eigenvalue weighted by atomic mass is 9.88. The van der Waals surface area contributed by atoms with Crippen LogP contribution < -0.4 is 15.4 Å². The Labute approximate surface area is 254 Å². The number of fused-ring (bicyclic) bond motifs is 1. The summed E-state index contributed by atoms with van der Waals surface area (Å²) in [7, 11) is 4.78. The van der Waals surface area contributed by atoms with Crippen LogP contribution in [0, 0.1) is 0 Å². The quantitative estimate of drug-likeness (QED) is 0.206. The molecule has 0 spiro atoms. The molecule has 5 rings (SSSR count). The maximum atomic E-state index is 15.6. The van der Waals surface area contributed by atoms with Gasteiger partial charge in [-0.2, -0.15) is 18.2 Å². The van der Waals surface area contributed by atoms with Crippen molar-refractivity contribution >= 4 is 33.0 Å². The molecule has 238 valence electrons. The van der Waals surface area contributed by atoms with Gasteiger partial charge in [-0.05, 0) is 43.3 Å². The highest BCUT2D eigenvalue weighted by atomic mass is 32.1. The summed E-state index contributed by atoms with van der Waals surface area (Å²) in [5.41, 5.74) is 0.687. The number of anilines is 1. The number of methoxy groups -OCH3 is 1. The molecule has 3 N–H and O–H groups in total. The van der Waals surface area contributed by atoms with Crippen LogP contribution in [0.3, 0.4) is 0 Å². The third-order valence-corrected chi connectivity index (χ3v) is 8.90. The van der Waals surface area contributed by atoms with E-state index >= 15 is 4.39 Å². The number of likely N-dealkylation sites (N-methyl/N-ethyl adjacent to an activating group) is 1. The fourth-order valence-corrected chi connectivity index (χ4v) is 6.78. The smallest absolute Gasteiger partial charge is 0.393 e. The van der Waals surface area contributed by atoms with Gasteiger partial charge in [-0.25, -0.2) is 4.39 Å². The molecule has 0 radical (unpaired) electrons. The molecule has 1 amide bonds. The highest BCUT2D eigenvalue weighted by Gasteiger charge is 2.37. The van der Waals surface area contributed by atoms with Gasteiger partial charge in [-0.3, -0.25) is 14.4 Å². The topological polar surface area (TPSA) is 131 Å². The second kappa shape index (κ2) is 13.1. The molecule has 3 unspecified atom stereocenters. The molecule has 1 aliphatic carbocycles. The van der Waals surface area contributed by atoms with Crippen LogP contribution >= 0.6 is 11.3 Å². The number of aryl methyl sites for hydroxylation is 1. The van der Waals surface area contributed by atoms with Gasteiger partial charge in [0.1, 0.15) is 11.7 Å². The van der Waals surface area contributed by atoms with Crippen LogP contribution in [0.1, 0.15) is 41.1 Å². The maximum Gasteiger partial charge on any atom is 0.393 e. The van der Waals surface area contributed by atoms with Crippen molar-refractivity contribution in [2.45, 2.75) is 56.7 Å². The number of hydrogen-bond acceptors (Lipinski definition) is 10. The van der Waals surface area contributed by atoms with Crippen molar-refractivity contribution in [2.75, 3.05) is 32.6 Å². The Morgan fingerprint density at radius 3 is 2.84 bits per heavy atom. The van der Waals surface area contributed by atoms with Crippen molar-refractivity contribution in [3.05, 3.63) is 41.4 Å². The molecule has 0 aliphatic heterocycles. The second-order valence-corrected chi connectivity index (χ2v) is 11.7. The SMILES string of the molecule is COc1nn(C)cc1C(=O)NCc1nc(-c2sc3c(NC4CCCC(N(C)CCO)C4F)cccc3c2CC(F)(F)F)no1. The molecular weight excluding hydrogens is 606 g/mol. The molecule has 3 aromatic heterocycles. The normalized spacial score (nSPS) is 19.1. The monoisotopic (exact) mass is 639 g/mol. The molecule has 1 aliphatic rings. The summed E-state index contributed by atoms with van der Waals surface area (Å²) in [6.07, 6.45) is -3.55. The Hall–Kier alpha value is -3.76. The van der Waals surface area contributed by atoms with Crippen LogP contribution in [-0.2, 0) is 20.0 Å². The number of thiophene rings is 1. The van der Waals surface area contributed by atoms with Crippen LogP contribution in [0.4, 0.5) is 23.2 Å². The summed E-state index contributed by atoms with van der Waals surface area (Å²) in [6, 6.07) is 4.00. The minimum absolute atomic E-state index is 0.00881. The van der Waals surface area contributed by atoms with Gasteiger partial charge in [-0.1, -0.05) is 17.3 Å². The number of aromatic nitrogens is 4. The lowest BCUT2D eigenvalue weighted by Gasteiger charge is -2.39. The Kier molecular flexibility index (Phi) is 9.41. The number of nitrogens with zero attached hydrogens (tertiary/aromatic N) is 5. The number of halogens is 4. The number of ether oxygens (including phenoxy) is 1. The van der Waals surface area contributed by atoms with Crippen molar-refractivity contribution < 1.29 is 36.7 Å². The zero-order valence-corrected chi connectivity index (χ0v) is 25.1. The third-order valence-electron chi connectivity index (χ3n) is 7.63. The van der Waals surface area contributed by atoms with Gasteiger partial charge in [0.2, 0.25) is 17.6 Å². The lowest BCUT2D eigenvalue weighted by Crippen LogP contribution is -2.50. The summed E-state index contributed by atoms with van der Waals surface area (Å²) >= 11 is 1.06. The lowest BCUT2D eigenvalue weighted by molar-refractivity contribution is -0.126. The van der Waals surface area contributed by atoms with Gasteiger partial charge in [0.25, 0.3) is 5.91 Å². The Balaban J connectivity index is 1.41. The van der Waals surface area contributed by atoms with Gasteiger partial charge < -0.3 is 25.0 Å². The molecule has 1 saturated carbocycles. The Morgan fingerprint density at radius 2 is 2.11 bits per heavy atom. The Morgan fingerprint density at radius 1 is 1.32 bits per heavy atom. The van der Waals surface area contributed by atoms with E-state index in [-0.39, 0.29) is 52.8 Å². The fraction of sp³-hybridized carbons (Fsp3) is 0.500. The van der Waals surface area contributed by atoms with Crippen molar-refractivity contribution in [1.82, 2.24) is 30.1 Å². The van der Waals surface area contributed by atoms with E-state index in [1.54, 1.807) is 37.2 Å². The third kappa shape index (κ3) is 6.81. The van der Waals surface area contributed by atoms with E-state index in [1.807, 2.05) is 0 Å². The number of carbonyl (C=O) groups excluding carboxylic acids is 1. The number of aliphatic hydroxyl groups excluding tert-OH is 1. The molecule has 3 heterocycles. The van der Waals surface area contributed by atoms with Crippen molar-refractivity contribution in [2.24, 2.45) is 7.05 Å². The number of benzene rings is 1. The number of carbonyl (C=O) groups is 1. The van der Waals surface area contributed by atoms with Gasteiger partial charge in [0, 0.05) is 25.8 Å². The highest BCUT2D eigenvalue weighted by molar-refractivity contribution is 7.23. The molecule has 3 atom stereocenters. The molecule has 16 heteroatoms. The van der Waals surface area contributed by atoms with Crippen molar-refractivity contribution in [3.8, 4) is 16.6 Å². The molecule has 0 bridgehead atoms. The van der Waals surface area contributed by atoms with E-state index in [0.29, 0.717) is 35.2 Å². The molecule has 0 saturated heterocycles. The first-order valence-corrected chi connectivity index (χ1v) is 14.8. The predicted octanol–water partition coefficient (Wildman–Crippen LogP) is 4.32. The van der Waals surface area contributed by atoms with Gasteiger partial charge in [-0.15, -0.1) is 16.4 Å². The standard InChI is InChI=1S/C28H33F4N7O4S/c1-38(10-11-40)20-9-5-7-18(22(20)29)34-19-8-4-6-15-16(12-28(30,31)32)24(44-23(15)19)25-35-21(43-37-25)13-33-26(41)17-14-39(2)36-27(17)42-3/h4,6,8,14,18,20,22,34,40H,5,7,9-13H2,1-3H3,(H,33,41). The van der Waals surface area contributed by atoms with Gasteiger partial charge in [0.15, 0.2) is 0 Å². The average molecular weight is 640 g/mol. The van der Waals surface area contributed by atoms with Gasteiger partial charge >= 0.3 is 6.18 Å². The van der Waals surface area contributed by atoms with E-state index in [0.717, 1.165) is 17.8 Å². The molecule has 1 aromatic carbocycles. The van der Waals surface area contributed by atoms with Crippen LogP contribution in [0.15, 0.2) is 28.9 Å². The fourth-order valence-electron chi connectivity index (χ4n) is 5.56. The zero-order valence-electron chi connectivity index (χ0n) is 24.3. The van der Waals surface area contributed by atoms with E-state index in [1.165, 1.54) is 18.0 Å². The number of rotatable bonds is 11. The maximum absolute atomic E-state index is 15.6. The van der Waals surface area contributed by atoms with Gasteiger partial charge in [0.05, 0.1) is 48.0 Å². The first-order valence-electron chi connectivity index (χ1n) is 14.0. The predicted molar refractivity (Wildman–Crippen MR) is 155 cm³/mol. The minimum atomic E-state index is -4.52. The first-order chi connectivity index (χ1) is 21.0. The summed E-state index contributed by atoms with van der Waals surface area (Å²) in [6.45, 7) is 0.0820. The summed E-state index contributed by atoms with van der Waals surface area (Å²) in [4.78, 5) is 18.9. The van der Waals surface area contributed by atoms with Crippen LogP contribution in [0.25, 0.3) is 20.8 Å². The number of aliphatic hydroxyl groups is 1. The number of amides is 1. The number of nitrogens with one attached hydrogen (secondary N) is 2. The minimum Gasteiger partial charge on any atom is -0.479 e. The van der Waals surface area contributed by atoms with E-state index < -0.39 is 30.7 Å². The van der Waals surface area contributed by atoms with Crippen LogP contribution in [0.5, 0.6) is 5.88 Å². The molecule has 11 nitrogen and oxygen atoms in total. The zero-order chi connectivity index (χ0) is 31.6.